The van der Waals surface area contributed by atoms with Gasteiger partial charge in [0.2, 0.25) is 0 Å². The number of imidazole rings is 1. The Hall–Kier alpha value is -2.10. The molecule has 1 N–H and O–H groups in total. The molecule has 0 fully saturated rings. The van der Waals surface area contributed by atoms with Gasteiger partial charge in [0, 0.05) is 51.3 Å². The molecule has 3 aromatic heterocycles. The van der Waals surface area contributed by atoms with Gasteiger partial charge in [-0.15, -0.1) is 24.0 Å². The fraction of sp³-hybridized carbons (Fsp3) is 0.450. The first-order valence-corrected chi connectivity index (χ1v) is 9.26. The number of aryl methyl sites for hydroxylation is 2. The van der Waals surface area contributed by atoms with Crippen LogP contribution in [0, 0.1) is 6.92 Å². The van der Waals surface area contributed by atoms with Crippen LogP contribution in [0.3, 0.4) is 0 Å². The molecule has 0 saturated heterocycles. The van der Waals surface area contributed by atoms with E-state index in [1.165, 1.54) is 11.3 Å². The van der Waals surface area contributed by atoms with E-state index in [0.717, 1.165) is 29.5 Å². The molecule has 0 aliphatic heterocycles. The highest BCUT2D eigenvalue weighted by molar-refractivity contribution is 14.0. The van der Waals surface area contributed by atoms with Crippen LogP contribution in [-0.2, 0) is 20.1 Å². The van der Waals surface area contributed by atoms with Gasteiger partial charge in [-0.05, 0) is 25.0 Å². The van der Waals surface area contributed by atoms with E-state index in [1.54, 1.807) is 7.05 Å². The number of pyridine rings is 1. The molecule has 0 saturated carbocycles. The van der Waals surface area contributed by atoms with Gasteiger partial charge in [-0.3, -0.25) is 9.67 Å². The molecule has 3 rings (SSSR count). The first kappa shape index (κ1) is 22.2. The first-order chi connectivity index (χ1) is 12.9. The van der Waals surface area contributed by atoms with Crippen molar-refractivity contribution in [3.8, 4) is 0 Å². The normalized spacial score (nSPS) is 11.8. The van der Waals surface area contributed by atoms with Gasteiger partial charge in [-0.2, -0.15) is 5.10 Å². The molecule has 0 atom stereocenters. The Kier molecular flexibility index (Phi) is 7.45. The zero-order valence-corrected chi connectivity index (χ0v) is 19.8. The van der Waals surface area contributed by atoms with Crippen molar-refractivity contribution in [2.75, 3.05) is 14.1 Å². The molecule has 3 aromatic rings. The third-order valence-electron chi connectivity index (χ3n) is 4.64. The Balaban J connectivity index is 0.00000280. The summed E-state index contributed by atoms with van der Waals surface area (Å²) in [4.78, 5) is 11.2. The smallest absolute Gasteiger partial charge is 0.194 e. The second-order valence-corrected chi connectivity index (χ2v) is 7.25. The van der Waals surface area contributed by atoms with Gasteiger partial charge in [0.25, 0.3) is 0 Å². The Morgan fingerprint density at radius 1 is 1.29 bits per heavy atom. The highest BCUT2D eigenvalue weighted by atomic mass is 127. The molecular weight excluding hydrogens is 465 g/mol. The molecule has 0 aliphatic carbocycles. The lowest BCUT2D eigenvalue weighted by Gasteiger charge is -2.22. The van der Waals surface area contributed by atoms with Gasteiger partial charge < -0.3 is 14.6 Å². The summed E-state index contributed by atoms with van der Waals surface area (Å²) in [5, 5.41) is 8.01. The number of aliphatic imine (C=N–C) groups is 1. The molecule has 0 amide bonds. The van der Waals surface area contributed by atoms with Crippen molar-refractivity contribution < 1.29 is 0 Å². The molecule has 0 aromatic carbocycles. The molecular formula is C20H30IN7. The zero-order valence-electron chi connectivity index (χ0n) is 17.5. The van der Waals surface area contributed by atoms with Gasteiger partial charge >= 0.3 is 0 Å². The molecule has 0 aliphatic rings. The van der Waals surface area contributed by atoms with E-state index in [2.05, 4.69) is 68.9 Å². The number of hydrogen-bond acceptors (Lipinski definition) is 3. The van der Waals surface area contributed by atoms with Crippen LogP contribution in [0.1, 0.15) is 42.4 Å². The van der Waals surface area contributed by atoms with Crippen LogP contribution < -0.4 is 5.32 Å². The molecule has 0 radical (unpaired) electrons. The standard InChI is InChI=1S/C20H29N7.HI/c1-14(2)19-16(12-26(6)24-19)11-25(5)20(21-4)22-10-17-13-27-15(3)8-7-9-18(27)23-17;/h7-9,12-14H,10-11H2,1-6H3,(H,21,22);1H. The number of aromatic nitrogens is 4. The topological polar surface area (TPSA) is 62.8 Å². The van der Waals surface area contributed by atoms with E-state index in [-0.39, 0.29) is 24.0 Å². The van der Waals surface area contributed by atoms with Crippen molar-refractivity contribution in [1.29, 1.82) is 0 Å². The summed E-state index contributed by atoms with van der Waals surface area (Å²) >= 11 is 0. The zero-order chi connectivity index (χ0) is 19.6. The lowest BCUT2D eigenvalue weighted by molar-refractivity contribution is 0.473. The van der Waals surface area contributed by atoms with Crippen LogP contribution in [0.15, 0.2) is 35.6 Å². The van der Waals surface area contributed by atoms with Gasteiger partial charge in [-0.1, -0.05) is 19.9 Å². The lowest BCUT2D eigenvalue weighted by atomic mass is 10.1. The van der Waals surface area contributed by atoms with Gasteiger partial charge in [-0.25, -0.2) is 4.98 Å². The highest BCUT2D eigenvalue weighted by Gasteiger charge is 2.15. The van der Waals surface area contributed by atoms with E-state index in [1.807, 2.05) is 30.9 Å². The SMILES string of the molecule is CN=C(NCc1cn2c(C)cccc2n1)N(C)Cc1cn(C)nc1C(C)C.I. The quantitative estimate of drug-likeness (QED) is 0.335. The van der Waals surface area contributed by atoms with E-state index < -0.39 is 0 Å². The van der Waals surface area contributed by atoms with Gasteiger partial charge in [0.05, 0.1) is 17.9 Å². The minimum atomic E-state index is 0. The number of rotatable bonds is 5. The number of nitrogens with one attached hydrogen (secondary N) is 1. The highest BCUT2D eigenvalue weighted by Crippen LogP contribution is 2.18. The Bertz CT molecular complexity index is 955. The summed E-state index contributed by atoms with van der Waals surface area (Å²) in [6.07, 6.45) is 4.16. The van der Waals surface area contributed by atoms with E-state index >= 15 is 0 Å². The molecule has 8 heteroatoms. The second-order valence-electron chi connectivity index (χ2n) is 7.25. The summed E-state index contributed by atoms with van der Waals surface area (Å²) in [5.41, 5.74) is 5.48. The second kappa shape index (κ2) is 9.40. The fourth-order valence-electron chi connectivity index (χ4n) is 3.33. The lowest BCUT2D eigenvalue weighted by Crippen LogP contribution is -2.38. The van der Waals surface area contributed by atoms with E-state index in [0.29, 0.717) is 12.5 Å². The predicted octanol–water partition coefficient (Wildman–Crippen LogP) is 3.33. The summed E-state index contributed by atoms with van der Waals surface area (Å²) in [7, 11) is 5.81. The van der Waals surface area contributed by atoms with E-state index in [4.69, 9.17) is 0 Å². The van der Waals surface area contributed by atoms with Gasteiger partial charge in [0.1, 0.15) is 5.65 Å². The van der Waals surface area contributed by atoms with Crippen LogP contribution in [0.5, 0.6) is 0 Å². The molecule has 0 bridgehead atoms. The van der Waals surface area contributed by atoms with Crippen molar-refractivity contribution in [2.45, 2.75) is 39.8 Å². The Morgan fingerprint density at radius 2 is 2.04 bits per heavy atom. The van der Waals surface area contributed by atoms with Crippen LogP contribution in [0.4, 0.5) is 0 Å². The number of halogens is 1. The maximum Gasteiger partial charge on any atom is 0.194 e. The molecule has 0 spiro atoms. The Morgan fingerprint density at radius 3 is 2.68 bits per heavy atom. The summed E-state index contributed by atoms with van der Waals surface area (Å²) in [6, 6.07) is 6.13. The average molecular weight is 495 g/mol. The van der Waals surface area contributed by atoms with Crippen LogP contribution in [0.25, 0.3) is 5.65 Å². The summed E-state index contributed by atoms with van der Waals surface area (Å²) < 4.78 is 3.99. The molecule has 7 nitrogen and oxygen atoms in total. The van der Waals surface area contributed by atoms with Crippen LogP contribution >= 0.6 is 24.0 Å². The van der Waals surface area contributed by atoms with Crippen molar-refractivity contribution in [2.24, 2.45) is 12.0 Å². The number of fused-ring (bicyclic) bond motifs is 1. The third-order valence-corrected chi connectivity index (χ3v) is 4.64. The third kappa shape index (κ3) is 4.84. The van der Waals surface area contributed by atoms with Crippen molar-refractivity contribution in [3.63, 3.8) is 0 Å². The number of hydrogen-bond donors (Lipinski definition) is 1. The largest absolute Gasteiger partial charge is 0.351 e. The first-order valence-electron chi connectivity index (χ1n) is 9.26. The molecule has 0 unspecified atom stereocenters. The molecule has 28 heavy (non-hydrogen) atoms. The summed E-state index contributed by atoms with van der Waals surface area (Å²) in [5.74, 6) is 1.23. The predicted molar refractivity (Wildman–Crippen MR) is 124 cm³/mol. The van der Waals surface area contributed by atoms with Gasteiger partial charge in [0.15, 0.2) is 5.96 Å². The number of nitrogens with zero attached hydrogens (tertiary/aromatic N) is 6. The fourth-order valence-corrected chi connectivity index (χ4v) is 3.33. The van der Waals surface area contributed by atoms with E-state index in [9.17, 15) is 0 Å². The molecule has 3 heterocycles. The minimum absolute atomic E-state index is 0. The number of guanidine groups is 1. The molecule has 152 valence electrons. The van der Waals surface area contributed by atoms with Crippen LogP contribution in [0.2, 0.25) is 0 Å². The maximum atomic E-state index is 4.68. The van der Waals surface area contributed by atoms with Crippen molar-refractivity contribution in [3.05, 3.63) is 53.2 Å². The average Bonchev–Trinajstić information content (AvgIpc) is 3.19. The summed E-state index contributed by atoms with van der Waals surface area (Å²) in [6.45, 7) is 7.81. The maximum absolute atomic E-state index is 4.68. The van der Waals surface area contributed by atoms with Crippen LogP contribution in [-0.4, -0.2) is 44.1 Å². The minimum Gasteiger partial charge on any atom is -0.351 e. The monoisotopic (exact) mass is 495 g/mol. The van der Waals surface area contributed by atoms with Crippen molar-refractivity contribution >= 4 is 35.6 Å². The van der Waals surface area contributed by atoms with Crippen molar-refractivity contribution in [1.82, 2.24) is 29.4 Å². The Labute approximate surface area is 183 Å².